The minimum Gasteiger partial charge on any atom is -0.478 e. The van der Waals surface area contributed by atoms with Crippen LogP contribution in [0.4, 0.5) is 5.69 Å². The summed E-state index contributed by atoms with van der Waals surface area (Å²) in [6.45, 7) is 3.34. The van der Waals surface area contributed by atoms with Crippen LogP contribution in [-0.4, -0.2) is 39.2 Å². The summed E-state index contributed by atoms with van der Waals surface area (Å²) < 4.78 is 5.61. The number of rotatable bonds is 7. The van der Waals surface area contributed by atoms with Crippen molar-refractivity contribution in [2.45, 2.75) is 32.5 Å². The van der Waals surface area contributed by atoms with Crippen LogP contribution in [0.25, 0.3) is 11.3 Å². The fraction of sp³-hybridized carbons (Fsp3) is 0.353. The Morgan fingerprint density at radius 3 is 2.62 bits per heavy atom. The quantitative estimate of drug-likeness (QED) is 0.477. The number of nitrogens with zero attached hydrogens (tertiary/aromatic N) is 1. The van der Waals surface area contributed by atoms with E-state index < -0.39 is 29.9 Å². The lowest BCUT2D eigenvalue weighted by atomic mass is 9.97. The third-order valence-corrected chi connectivity index (χ3v) is 4.21. The monoisotopic (exact) mass is 362 g/mol. The number of hydrogen-bond acceptors (Lipinski definition) is 7. The van der Waals surface area contributed by atoms with Crippen LogP contribution >= 0.6 is 0 Å². The number of aromatic nitrogens is 1. The summed E-state index contributed by atoms with van der Waals surface area (Å²) >= 11 is 0. The van der Waals surface area contributed by atoms with Gasteiger partial charge in [-0.25, -0.2) is 4.79 Å². The second-order valence-corrected chi connectivity index (χ2v) is 6.06. The van der Waals surface area contributed by atoms with Gasteiger partial charge in [0.1, 0.15) is 17.1 Å². The van der Waals surface area contributed by atoms with E-state index in [9.17, 15) is 14.7 Å². The van der Waals surface area contributed by atoms with Crippen LogP contribution in [0.1, 0.15) is 30.0 Å². The molecule has 2 aromatic rings. The number of carboxylic acids is 1. The minimum absolute atomic E-state index is 0.0465. The molecule has 9 heteroatoms. The van der Waals surface area contributed by atoms with Gasteiger partial charge in [0.2, 0.25) is 5.91 Å². The van der Waals surface area contributed by atoms with Crippen molar-refractivity contribution in [1.82, 2.24) is 10.3 Å². The molecule has 7 N–H and O–H groups in total. The number of carbonyl (C=O) groups excluding carboxylic acids is 1. The summed E-state index contributed by atoms with van der Waals surface area (Å²) in [5.74, 6) is -1.22. The van der Waals surface area contributed by atoms with Crippen LogP contribution in [-0.2, 0) is 11.3 Å². The van der Waals surface area contributed by atoms with Crippen LogP contribution in [0.3, 0.4) is 0 Å². The van der Waals surface area contributed by atoms with Crippen molar-refractivity contribution >= 4 is 17.6 Å². The van der Waals surface area contributed by atoms with Crippen LogP contribution in [0.2, 0.25) is 0 Å². The van der Waals surface area contributed by atoms with E-state index in [-0.39, 0.29) is 17.8 Å². The predicted octanol–water partition coefficient (Wildman–Crippen LogP) is 0.582. The third-order valence-electron chi connectivity index (χ3n) is 4.21. The van der Waals surface area contributed by atoms with Crippen LogP contribution in [0.5, 0.6) is 0 Å². The first-order valence-electron chi connectivity index (χ1n) is 7.99. The normalized spacial score (nSPS) is 14.5. The molecule has 0 saturated heterocycles. The molecule has 0 aromatic carbocycles. The summed E-state index contributed by atoms with van der Waals surface area (Å²) in [6, 6.07) is 2.39. The molecular formula is C17H22N4O5. The Hall–Kier alpha value is -2.91. The van der Waals surface area contributed by atoms with E-state index >= 15 is 0 Å². The van der Waals surface area contributed by atoms with Gasteiger partial charge in [0.15, 0.2) is 0 Å². The van der Waals surface area contributed by atoms with E-state index in [0.29, 0.717) is 17.1 Å². The second kappa shape index (κ2) is 7.98. The summed E-state index contributed by atoms with van der Waals surface area (Å²) in [5, 5.41) is 21.2. The van der Waals surface area contributed by atoms with E-state index in [4.69, 9.17) is 21.0 Å². The number of furan rings is 1. The molecule has 0 saturated carbocycles. The molecule has 0 aliphatic heterocycles. The maximum absolute atomic E-state index is 12.0. The molecular weight excluding hydrogens is 340 g/mol. The SMILES string of the molecule is C[C@@H]([C@H](C)O)[C@H](N)C(=O)NCc1ccc(-c2cncc(C(=O)O)c2N)o1. The van der Waals surface area contributed by atoms with Gasteiger partial charge in [0.25, 0.3) is 0 Å². The zero-order valence-electron chi connectivity index (χ0n) is 14.5. The van der Waals surface area contributed by atoms with Crippen LogP contribution in [0.15, 0.2) is 28.9 Å². The summed E-state index contributed by atoms with van der Waals surface area (Å²) in [7, 11) is 0. The predicted molar refractivity (Wildman–Crippen MR) is 94.0 cm³/mol. The number of nitrogens with two attached hydrogens (primary N) is 2. The molecule has 0 aliphatic rings. The lowest BCUT2D eigenvalue weighted by Crippen LogP contribution is -2.47. The average Bonchev–Trinajstić information content (AvgIpc) is 3.06. The number of amides is 1. The molecule has 1 amide bonds. The van der Waals surface area contributed by atoms with Gasteiger partial charge in [0, 0.05) is 18.3 Å². The fourth-order valence-corrected chi connectivity index (χ4v) is 2.29. The molecule has 0 aliphatic carbocycles. The minimum atomic E-state index is -1.18. The first kappa shape index (κ1) is 19.4. The highest BCUT2D eigenvalue weighted by atomic mass is 16.4. The van der Waals surface area contributed by atoms with Crippen LogP contribution < -0.4 is 16.8 Å². The largest absolute Gasteiger partial charge is 0.478 e. The van der Waals surface area contributed by atoms with Crippen molar-refractivity contribution in [3.8, 4) is 11.3 Å². The number of pyridine rings is 1. The maximum atomic E-state index is 12.0. The van der Waals surface area contributed by atoms with E-state index in [2.05, 4.69) is 10.3 Å². The molecule has 140 valence electrons. The summed E-state index contributed by atoms with van der Waals surface area (Å²) in [5.41, 5.74) is 11.9. The smallest absolute Gasteiger partial charge is 0.339 e. The lowest BCUT2D eigenvalue weighted by Gasteiger charge is -2.21. The third kappa shape index (κ3) is 4.19. The molecule has 0 unspecified atom stereocenters. The second-order valence-electron chi connectivity index (χ2n) is 6.06. The van der Waals surface area contributed by atoms with E-state index in [0.717, 1.165) is 6.20 Å². The van der Waals surface area contributed by atoms with E-state index in [1.165, 1.54) is 6.20 Å². The van der Waals surface area contributed by atoms with Gasteiger partial charge < -0.3 is 31.4 Å². The Bertz CT molecular complexity index is 802. The average molecular weight is 362 g/mol. The van der Waals surface area contributed by atoms with Gasteiger partial charge in [-0.05, 0) is 19.1 Å². The summed E-state index contributed by atoms with van der Waals surface area (Å²) in [6.07, 6.45) is 1.86. The van der Waals surface area contributed by atoms with Crippen molar-refractivity contribution in [2.75, 3.05) is 5.73 Å². The molecule has 0 spiro atoms. The molecule has 26 heavy (non-hydrogen) atoms. The Kier molecular flexibility index (Phi) is 5.96. The molecule has 9 nitrogen and oxygen atoms in total. The van der Waals surface area contributed by atoms with Gasteiger partial charge >= 0.3 is 5.97 Å². The Labute approximate surface area is 150 Å². The molecule has 2 aromatic heterocycles. The maximum Gasteiger partial charge on any atom is 0.339 e. The molecule has 2 rings (SSSR count). The standard InChI is InChI=1S/C17H22N4O5/c1-8(9(2)22)14(18)16(23)21-5-10-3-4-13(26-10)11-6-20-7-12(15(11)19)17(24)25/h3-4,6-9,14,22H,5,18H2,1-2H3,(H2,19,20)(H,21,23)(H,24,25)/t8-,9-,14-/m0/s1. The van der Waals surface area contributed by atoms with Gasteiger partial charge in [-0.2, -0.15) is 0 Å². The van der Waals surface area contributed by atoms with E-state index in [1.54, 1.807) is 26.0 Å². The van der Waals surface area contributed by atoms with Crippen LogP contribution in [0, 0.1) is 5.92 Å². The van der Waals surface area contributed by atoms with Crippen molar-refractivity contribution in [3.63, 3.8) is 0 Å². The van der Waals surface area contributed by atoms with Crippen molar-refractivity contribution in [1.29, 1.82) is 0 Å². The number of hydrogen-bond donors (Lipinski definition) is 5. The zero-order chi connectivity index (χ0) is 19.4. The number of aliphatic hydroxyl groups excluding tert-OH is 1. The first-order valence-corrected chi connectivity index (χ1v) is 7.99. The molecule has 3 atom stereocenters. The first-order chi connectivity index (χ1) is 12.2. The highest BCUT2D eigenvalue weighted by molar-refractivity contribution is 5.97. The molecule has 0 bridgehead atoms. The summed E-state index contributed by atoms with van der Waals surface area (Å²) in [4.78, 5) is 27.0. The Morgan fingerprint density at radius 1 is 1.31 bits per heavy atom. The Morgan fingerprint density at radius 2 is 2.00 bits per heavy atom. The van der Waals surface area contributed by atoms with Gasteiger partial charge in [-0.3, -0.25) is 9.78 Å². The Balaban J connectivity index is 2.08. The topological polar surface area (TPSA) is 165 Å². The number of nitrogens with one attached hydrogen (secondary N) is 1. The number of anilines is 1. The van der Waals surface area contributed by atoms with Crippen molar-refractivity contribution in [2.24, 2.45) is 11.7 Å². The van der Waals surface area contributed by atoms with Gasteiger partial charge in [-0.15, -0.1) is 0 Å². The zero-order valence-corrected chi connectivity index (χ0v) is 14.5. The number of aromatic carboxylic acids is 1. The fourth-order valence-electron chi connectivity index (χ4n) is 2.29. The van der Waals surface area contributed by atoms with Crippen molar-refractivity contribution in [3.05, 3.63) is 35.9 Å². The van der Waals surface area contributed by atoms with E-state index in [1.807, 2.05) is 0 Å². The number of nitrogen functional groups attached to an aromatic ring is 1. The van der Waals surface area contributed by atoms with Gasteiger partial charge in [0.05, 0.1) is 29.9 Å². The van der Waals surface area contributed by atoms with Crippen molar-refractivity contribution < 1.29 is 24.2 Å². The highest BCUT2D eigenvalue weighted by Crippen LogP contribution is 2.29. The number of carbonyl (C=O) groups is 2. The number of aliphatic hydroxyl groups is 1. The molecule has 2 heterocycles. The highest BCUT2D eigenvalue weighted by Gasteiger charge is 2.24. The van der Waals surface area contributed by atoms with Gasteiger partial charge in [-0.1, -0.05) is 6.92 Å². The lowest BCUT2D eigenvalue weighted by molar-refractivity contribution is -0.124. The molecule has 0 fully saturated rings. The number of carboxylic acid groups (broad SMARTS) is 1. The molecule has 0 radical (unpaired) electrons.